The minimum Gasteiger partial charge on any atom is -0.489 e. The first-order valence-electron chi connectivity index (χ1n) is 10.8. The van der Waals surface area contributed by atoms with Crippen LogP contribution in [0.25, 0.3) is 0 Å². The smallest absolute Gasteiger partial charge is 0.241 e. The highest BCUT2D eigenvalue weighted by Crippen LogP contribution is 2.34. The van der Waals surface area contributed by atoms with Crippen molar-refractivity contribution in [2.75, 3.05) is 30.0 Å². The van der Waals surface area contributed by atoms with E-state index in [4.69, 9.17) is 9.47 Å². The Bertz CT molecular complexity index is 1030. The Labute approximate surface area is 193 Å². The SMILES string of the molecule is CSCC[C@H]1CN(c2ccccc2Oc2cccc(OCc3ccccc3)c2)C(=O)CN1. The summed E-state index contributed by atoms with van der Waals surface area (Å²) in [6.45, 7) is 1.48. The summed E-state index contributed by atoms with van der Waals surface area (Å²) in [4.78, 5) is 14.5. The molecule has 0 saturated carbocycles. The van der Waals surface area contributed by atoms with Gasteiger partial charge in [0.2, 0.25) is 5.91 Å². The van der Waals surface area contributed by atoms with Crippen LogP contribution < -0.4 is 19.7 Å². The molecular weight excluding hydrogens is 420 g/mol. The zero-order valence-electron chi connectivity index (χ0n) is 18.2. The molecule has 166 valence electrons. The molecule has 32 heavy (non-hydrogen) atoms. The summed E-state index contributed by atoms with van der Waals surface area (Å²) in [5.74, 6) is 3.19. The van der Waals surface area contributed by atoms with Gasteiger partial charge in [-0.1, -0.05) is 48.5 Å². The quantitative estimate of drug-likeness (QED) is 0.493. The van der Waals surface area contributed by atoms with Crippen LogP contribution in [0, 0.1) is 0 Å². The van der Waals surface area contributed by atoms with Crippen molar-refractivity contribution in [1.82, 2.24) is 5.32 Å². The van der Waals surface area contributed by atoms with E-state index in [9.17, 15) is 4.79 Å². The van der Waals surface area contributed by atoms with Gasteiger partial charge in [0.1, 0.15) is 18.1 Å². The molecule has 0 unspecified atom stereocenters. The number of nitrogens with one attached hydrogen (secondary N) is 1. The molecule has 1 fully saturated rings. The van der Waals surface area contributed by atoms with E-state index in [2.05, 4.69) is 11.6 Å². The number of ether oxygens (including phenoxy) is 2. The van der Waals surface area contributed by atoms with Gasteiger partial charge in [0, 0.05) is 18.7 Å². The molecule has 4 rings (SSSR count). The first-order chi connectivity index (χ1) is 15.7. The molecule has 5 nitrogen and oxygen atoms in total. The van der Waals surface area contributed by atoms with Gasteiger partial charge in [-0.3, -0.25) is 4.79 Å². The largest absolute Gasteiger partial charge is 0.489 e. The van der Waals surface area contributed by atoms with Crippen LogP contribution >= 0.6 is 11.8 Å². The van der Waals surface area contributed by atoms with Gasteiger partial charge in [0.25, 0.3) is 0 Å². The van der Waals surface area contributed by atoms with Gasteiger partial charge in [-0.2, -0.15) is 11.8 Å². The van der Waals surface area contributed by atoms with E-state index in [1.807, 2.05) is 95.5 Å². The van der Waals surface area contributed by atoms with Crippen molar-refractivity contribution in [2.45, 2.75) is 19.1 Å². The van der Waals surface area contributed by atoms with E-state index >= 15 is 0 Å². The van der Waals surface area contributed by atoms with Crippen molar-refractivity contribution in [2.24, 2.45) is 0 Å². The number of carbonyl (C=O) groups is 1. The van der Waals surface area contributed by atoms with E-state index in [0.717, 1.165) is 29.2 Å². The molecule has 1 aliphatic rings. The molecule has 6 heteroatoms. The maximum atomic E-state index is 12.7. The summed E-state index contributed by atoms with van der Waals surface area (Å²) in [5.41, 5.74) is 1.90. The van der Waals surface area contributed by atoms with Crippen LogP contribution in [0.5, 0.6) is 17.2 Å². The maximum absolute atomic E-state index is 12.7. The first-order valence-corrected chi connectivity index (χ1v) is 12.2. The predicted molar refractivity (Wildman–Crippen MR) is 131 cm³/mol. The fourth-order valence-corrected chi connectivity index (χ4v) is 4.18. The van der Waals surface area contributed by atoms with Gasteiger partial charge < -0.3 is 19.7 Å². The summed E-state index contributed by atoms with van der Waals surface area (Å²) < 4.78 is 12.2. The Balaban J connectivity index is 1.48. The van der Waals surface area contributed by atoms with Gasteiger partial charge >= 0.3 is 0 Å². The van der Waals surface area contributed by atoms with Crippen LogP contribution in [-0.2, 0) is 11.4 Å². The lowest BCUT2D eigenvalue weighted by molar-refractivity contribution is -0.119. The summed E-state index contributed by atoms with van der Waals surface area (Å²) in [7, 11) is 0. The minimum atomic E-state index is 0.0568. The number of para-hydroxylation sites is 2. The zero-order valence-corrected chi connectivity index (χ0v) is 19.0. The summed E-state index contributed by atoms with van der Waals surface area (Å²) >= 11 is 1.82. The zero-order chi connectivity index (χ0) is 22.2. The Kier molecular flexibility index (Phi) is 7.69. The lowest BCUT2D eigenvalue weighted by atomic mass is 10.1. The summed E-state index contributed by atoms with van der Waals surface area (Å²) in [6, 6.07) is 25.6. The summed E-state index contributed by atoms with van der Waals surface area (Å²) in [5, 5.41) is 3.35. The van der Waals surface area contributed by atoms with Crippen molar-refractivity contribution in [3.63, 3.8) is 0 Å². The number of anilines is 1. The molecule has 1 atom stereocenters. The van der Waals surface area contributed by atoms with Gasteiger partial charge in [0.05, 0.1) is 12.2 Å². The second-order valence-electron chi connectivity index (χ2n) is 7.68. The number of carbonyl (C=O) groups excluding carboxylic acids is 1. The van der Waals surface area contributed by atoms with E-state index in [1.54, 1.807) is 0 Å². The highest BCUT2D eigenvalue weighted by molar-refractivity contribution is 7.98. The molecular formula is C26H28N2O3S. The Morgan fingerprint density at radius 1 is 1.00 bits per heavy atom. The lowest BCUT2D eigenvalue weighted by Gasteiger charge is -2.34. The molecule has 1 aliphatic heterocycles. The first kappa shape index (κ1) is 22.2. The summed E-state index contributed by atoms with van der Waals surface area (Å²) in [6.07, 6.45) is 3.13. The van der Waals surface area contributed by atoms with E-state index in [0.29, 0.717) is 31.2 Å². The van der Waals surface area contributed by atoms with Crippen molar-refractivity contribution < 1.29 is 14.3 Å². The van der Waals surface area contributed by atoms with Crippen molar-refractivity contribution in [3.8, 4) is 17.2 Å². The van der Waals surface area contributed by atoms with Crippen LogP contribution in [-0.4, -0.2) is 37.0 Å². The monoisotopic (exact) mass is 448 g/mol. The van der Waals surface area contributed by atoms with Crippen LogP contribution in [0.2, 0.25) is 0 Å². The van der Waals surface area contributed by atoms with Crippen molar-refractivity contribution in [3.05, 3.63) is 84.4 Å². The van der Waals surface area contributed by atoms with Gasteiger partial charge in [-0.15, -0.1) is 0 Å². The second kappa shape index (κ2) is 11.1. The average molecular weight is 449 g/mol. The molecule has 0 aromatic heterocycles. The third kappa shape index (κ3) is 5.84. The lowest BCUT2D eigenvalue weighted by Crippen LogP contribution is -2.54. The Hall–Kier alpha value is -2.96. The highest BCUT2D eigenvalue weighted by Gasteiger charge is 2.28. The van der Waals surface area contributed by atoms with Gasteiger partial charge in [0.15, 0.2) is 5.75 Å². The molecule has 3 aromatic carbocycles. The minimum absolute atomic E-state index is 0.0568. The molecule has 1 amide bonds. The van der Waals surface area contributed by atoms with Crippen LogP contribution in [0.4, 0.5) is 5.69 Å². The molecule has 1 heterocycles. The molecule has 1 saturated heterocycles. The van der Waals surface area contributed by atoms with Crippen molar-refractivity contribution in [1.29, 1.82) is 0 Å². The van der Waals surface area contributed by atoms with Crippen molar-refractivity contribution >= 4 is 23.4 Å². The maximum Gasteiger partial charge on any atom is 0.241 e. The fourth-order valence-electron chi connectivity index (χ4n) is 3.66. The third-order valence-corrected chi connectivity index (χ3v) is 6.00. The number of nitrogens with zero attached hydrogens (tertiary/aromatic N) is 1. The van der Waals surface area contributed by atoms with Crippen LogP contribution in [0.3, 0.4) is 0 Å². The average Bonchev–Trinajstić information content (AvgIpc) is 2.84. The van der Waals surface area contributed by atoms with E-state index in [-0.39, 0.29) is 11.9 Å². The number of hydrogen-bond acceptors (Lipinski definition) is 5. The molecule has 0 radical (unpaired) electrons. The number of thioether (sulfide) groups is 1. The highest BCUT2D eigenvalue weighted by atomic mass is 32.2. The Morgan fingerprint density at radius 2 is 1.78 bits per heavy atom. The number of hydrogen-bond donors (Lipinski definition) is 1. The molecule has 3 aromatic rings. The Morgan fingerprint density at radius 3 is 2.62 bits per heavy atom. The number of amides is 1. The third-order valence-electron chi connectivity index (χ3n) is 5.35. The normalized spacial score (nSPS) is 16.1. The van der Waals surface area contributed by atoms with Crippen LogP contribution in [0.1, 0.15) is 12.0 Å². The van der Waals surface area contributed by atoms with E-state index < -0.39 is 0 Å². The van der Waals surface area contributed by atoms with E-state index in [1.165, 1.54) is 0 Å². The fraction of sp³-hybridized carbons (Fsp3) is 0.269. The number of piperazine rings is 1. The molecule has 0 aliphatic carbocycles. The van der Waals surface area contributed by atoms with Gasteiger partial charge in [-0.25, -0.2) is 0 Å². The standard InChI is InChI=1S/C26H28N2O3S/c1-32-15-14-21-18-28(26(29)17-27-21)24-12-5-6-13-25(24)31-23-11-7-10-22(16-23)30-19-20-8-3-2-4-9-20/h2-13,16,21,27H,14-15,17-19H2,1H3/t21-/m0/s1. The molecule has 0 spiro atoms. The number of benzene rings is 3. The predicted octanol–water partition coefficient (Wildman–Crippen LogP) is 5.12. The molecule has 1 N–H and O–H groups in total. The van der Waals surface area contributed by atoms with Crippen LogP contribution in [0.15, 0.2) is 78.9 Å². The molecule has 0 bridgehead atoms. The number of rotatable bonds is 9. The van der Waals surface area contributed by atoms with Gasteiger partial charge in [-0.05, 0) is 48.3 Å². The second-order valence-corrected chi connectivity index (χ2v) is 8.67. The topological polar surface area (TPSA) is 50.8 Å².